The lowest BCUT2D eigenvalue weighted by Gasteiger charge is -2.12. The van der Waals surface area contributed by atoms with Crippen LogP contribution < -0.4 is 5.32 Å². The predicted molar refractivity (Wildman–Crippen MR) is 113 cm³/mol. The molecule has 4 nitrogen and oxygen atoms in total. The molecule has 2 aromatic carbocycles. The van der Waals surface area contributed by atoms with Crippen LogP contribution in [0.3, 0.4) is 0 Å². The van der Waals surface area contributed by atoms with Gasteiger partial charge in [-0.05, 0) is 49.3 Å². The minimum absolute atomic E-state index is 0.211. The van der Waals surface area contributed by atoms with Crippen LogP contribution in [0.5, 0.6) is 0 Å². The Hall–Kier alpha value is -3.60. The zero-order chi connectivity index (χ0) is 20.0. The number of hydrogen-bond acceptors (Lipinski definition) is 3. The van der Waals surface area contributed by atoms with E-state index in [1.54, 1.807) is 31.2 Å². The van der Waals surface area contributed by atoms with E-state index in [4.69, 9.17) is 0 Å². The maximum Gasteiger partial charge on any atom is 0.248 e. The second kappa shape index (κ2) is 6.78. The molecule has 0 spiro atoms. The second-order valence-corrected chi connectivity index (χ2v) is 7.21. The van der Waals surface area contributed by atoms with Gasteiger partial charge in [0.1, 0.15) is 11.9 Å². The van der Waals surface area contributed by atoms with Gasteiger partial charge >= 0.3 is 0 Å². The van der Waals surface area contributed by atoms with Crippen molar-refractivity contribution in [3.05, 3.63) is 101 Å². The number of benzene rings is 2. The van der Waals surface area contributed by atoms with Gasteiger partial charge in [-0.1, -0.05) is 36.4 Å². The molecule has 1 atom stereocenters. The molecule has 5 heteroatoms. The Bertz CT molecular complexity index is 1200. The third-order valence-electron chi connectivity index (χ3n) is 5.28. The number of nitrogens with one attached hydrogen (secondary N) is 1. The minimum atomic E-state index is -0.620. The van der Waals surface area contributed by atoms with Crippen molar-refractivity contribution >= 4 is 23.0 Å². The Balaban J connectivity index is 1.65. The van der Waals surface area contributed by atoms with Gasteiger partial charge in [0.2, 0.25) is 5.91 Å². The fourth-order valence-corrected chi connectivity index (χ4v) is 3.76. The Kier molecular flexibility index (Phi) is 4.09. The summed E-state index contributed by atoms with van der Waals surface area (Å²) in [6, 6.07) is 12.0. The smallest absolute Gasteiger partial charge is 0.248 e. The molecule has 142 valence electrons. The lowest BCUT2D eigenvalue weighted by Crippen LogP contribution is -2.22. The highest BCUT2D eigenvalue weighted by Gasteiger charge is 2.26. The van der Waals surface area contributed by atoms with Gasteiger partial charge in [0.15, 0.2) is 0 Å². The van der Waals surface area contributed by atoms with Gasteiger partial charge in [0.25, 0.3) is 0 Å². The topological polar surface area (TPSA) is 53.8 Å². The number of nitrogens with zero attached hydrogens (tertiary/aromatic N) is 2. The minimum Gasteiger partial charge on any atom is -0.324 e. The molecule has 0 saturated carbocycles. The summed E-state index contributed by atoms with van der Waals surface area (Å²) in [6.07, 6.45) is 8.70. The number of allylic oxidation sites excluding steroid dienone is 5. The van der Waals surface area contributed by atoms with Crippen molar-refractivity contribution in [3.63, 3.8) is 0 Å². The van der Waals surface area contributed by atoms with Crippen LogP contribution in [0.25, 0.3) is 0 Å². The van der Waals surface area contributed by atoms with Crippen molar-refractivity contribution < 1.29 is 9.18 Å². The molecule has 2 aromatic rings. The van der Waals surface area contributed by atoms with Crippen molar-refractivity contribution in [2.24, 2.45) is 9.98 Å². The summed E-state index contributed by atoms with van der Waals surface area (Å²) < 4.78 is 15.7. The molecule has 2 aliphatic heterocycles. The van der Waals surface area contributed by atoms with Gasteiger partial charge in [-0.2, -0.15) is 0 Å². The summed E-state index contributed by atoms with van der Waals surface area (Å²) in [7, 11) is 0. The van der Waals surface area contributed by atoms with E-state index >= 15 is 4.39 Å². The van der Waals surface area contributed by atoms with Crippen molar-refractivity contribution in [2.45, 2.75) is 19.4 Å². The van der Waals surface area contributed by atoms with E-state index in [1.165, 1.54) is 0 Å². The van der Waals surface area contributed by atoms with Crippen LogP contribution in [0.15, 0.2) is 88.0 Å². The highest BCUT2D eigenvalue weighted by molar-refractivity contribution is 6.21. The largest absolute Gasteiger partial charge is 0.324 e. The van der Waals surface area contributed by atoms with E-state index in [1.807, 2.05) is 36.4 Å². The van der Waals surface area contributed by atoms with Gasteiger partial charge in [-0.3, -0.25) is 9.79 Å². The quantitative estimate of drug-likeness (QED) is 0.811. The van der Waals surface area contributed by atoms with Crippen molar-refractivity contribution in [3.8, 4) is 0 Å². The van der Waals surface area contributed by atoms with Crippen LogP contribution in [-0.2, 0) is 4.79 Å². The van der Waals surface area contributed by atoms with E-state index in [0.717, 1.165) is 17.7 Å². The number of fused-ring (bicyclic) bond motifs is 2. The number of halogens is 1. The number of aliphatic imine (C=N–C) groups is 2. The van der Waals surface area contributed by atoms with Crippen LogP contribution in [0.4, 0.5) is 10.1 Å². The maximum absolute atomic E-state index is 15.7. The number of hydrogen-bond donors (Lipinski definition) is 1. The molecule has 0 fully saturated rings. The summed E-state index contributed by atoms with van der Waals surface area (Å²) in [6.45, 7) is 1.71. The van der Waals surface area contributed by atoms with Crippen LogP contribution in [0.2, 0.25) is 0 Å². The van der Waals surface area contributed by atoms with Gasteiger partial charge in [-0.15, -0.1) is 0 Å². The van der Waals surface area contributed by atoms with Crippen molar-refractivity contribution in [1.82, 2.24) is 0 Å². The molecule has 0 saturated heterocycles. The number of carbonyl (C=O) groups is 1. The van der Waals surface area contributed by atoms with E-state index in [-0.39, 0.29) is 11.7 Å². The molecule has 2 heterocycles. The molecule has 0 unspecified atom stereocenters. The molecule has 1 amide bonds. The van der Waals surface area contributed by atoms with Crippen molar-refractivity contribution in [1.29, 1.82) is 0 Å². The fraction of sp³-hybridized carbons (Fsp3) is 0.125. The number of rotatable bonds is 2. The van der Waals surface area contributed by atoms with E-state index < -0.39 is 6.04 Å². The summed E-state index contributed by atoms with van der Waals surface area (Å²) in [5, 5.41) is 2.87. The van der Waals surface area contributed by atoms with E-state index in [9.17, 15) is 4.79 Å². The number of para-hydroxylation sites is 1. The average Bonchev–Trinajstić information content (AvgIpc) is 3.11. The second-order valence-electron chi connectivity index (χ2n) is 7.21. The van der Waals surface area contributed by atoms with Crippen LogP contribution in [0.1, 0.15) is 30.0 Å². The fourth-order valence-electron chi connectivity index (χ4n) is 3.76. The molecule has 29 heavy (non-hydrogen) atoms. The van der Waals surface area contributed by atoms with Gasteiger partial charge < -0.3 is 5.32 Å². The Morgan fingerprint density at radius 2 is 1.86 bits per heavy atom. The lowest BCUT2D eigenvalue weighted by molar-refractivity contribution is -0.116. The molecule has 0 aromatic heterocycles. The normalized spacial score (nSPS) is 19.9. The van der Waals surface area contributed by atoms with E-state index in [2.05, 4.69) is 21.4 Å². The molecule has 1 aliphatic carbocycles. The number of amides is 1. The Labute approximate surface area is 167 Å². The molecule has 3 aliphatic rings. The molecular weight excluding hydrogens is 365 g/mol. The standard InChI is InChI=1S/C24H18FN3O/c1-14-24(29)28-20-12-5-3-8-17(20)23(26-14)18-10-6-9-16(22(18)25)21-13-15-7-2-4-11-19(15)27-21/h2-6,8-14H,7H2,1H3,(H,28,29)/t14-/m1/s1. The number of anilines is 1. The van der Waals surface area contributed by atoms with Crippen LogP contribution in [-0.4, -0.2) is 23.4 Å². The van der Waals surface area contributed by atoms with Crippen molar-refractivity contribution in [2.75, 3.05) is 5.32 Å². The summed E-state index contributed by atoms with van der Waals surface area (Å²) in [5.74, 6) is -0.595. The molecule has 0 bridgehead atoms. The van der Waals surface area contributed by atoms with Gasteiger partial charge in [0, 0.05) is 16.7 Å². The molecule has 1 N–H and O–H groups in total. The highest BCUT2D eigenvalue weighted by atomic mass is 19.1. The Morgan fingerprint density at radius 1 is 1.07 bits per heavy atom. The summed E-state index contributed by atoms with van der Waals surface area (Å²) in [5.41, 5.74) is 5.18. The van der Waals surface area contributed by atoms with E-state index in [0.29, 0.717) is 33.8 Å². The summed E-state index contributed by atoms with van der Waals surface area (Å²) in [4.78, 5) is 21.5. The Morgan fingerprint density at radius 3 is 2.72 bits per heavy atom. The molecule has 5 rings (SSSR count). The maximum atomic E-state index is 15.7. The number of carbonyl (C=O) groups excluding carboxylic acids is 1. The first-order valence-electron chi connectivity index (χ1n) is 9.55. The third kappa shape index (κ3) is 2.95. The molecule has 0 radical (unpaired) electrons. The predicted octanol–water partition coefficient (Wildman–Crippen LogP) is 4.58. The van der Waals surface area contributed by atoms with Crippen LogP contribution in [0, 0.1) is 5.82 Å². The SMILES string of the molecule is C[C@H]1N=C(c2cccc(C3=NC4=CC=CCC4=C3)c2F)c2ccccc2NC1=O. The van der Waals surface area contributed by atoms with Gasteiger partial charge in [-0.25, -0.2) is 9.38 Å². The third-order valence-corrected chi connectivity index (χ3v) is 5.28. The lowest BCUT2D eigenvalue weighted by atomic mass is 9.96. The first-order valence-corrected chi connectivity index (χ1v) is 9.55. The average molecular weight is 383 g/mol. The summed E-state index contributed by atoms with van der Waals surface area (Å²) >= 11 is 0. The molecular formula is C24H18FN3O. The van der Waals surface area contributed by atoms with Gasteiger partial charge in [0.05, 0.1) is 22.8 Å². The zero-order valence-corrected chi connectivity index (χ0v) is 15.8. The number of benzodiazepines with no additional fused rings is 1. The zero-order valence-electron chi connectivity index (χ0n) is 15.8. The first-order chi connectivity index (χ1) is 14.1. The first kappa shape index (κ1) is 17.5. The monoisotopic (exact) mass is 383 g/mol. The van der Waals surface area contributed by atoms with Crippen LogP contribution >= 0.6 is 0 Å². The highest BCUT2D eigenvalue weighted by Crippen LogP contribution is 2.31.